The molecular weight excluding hydrogens is 209 g/mol. The Bertz CT molecular complexity index is 301. The molecular formula is C12H18FNS. The van der Waals surface area contributed by atoms with Gasteiger partial charge in [-0.25, -0.2) is 4.39 Å². The van der Waals surface area contributed by atoms with Crippen molar-refractivity contribution in [3.63, 3.8) is 0 Å². The highest BCUT2D eigenvalue weighted by Gasteiger charge is 2.08. The average molecular weight is 227 g/mol. The predicted octanol–water partition coefficient (Wildman–Crippen LogP) is 2.84. The highest BCUT2D eigenvalue weighted by molar-refractivity contribution is 7.99. The van der Waals surface area contributed by atoms with Crippen LogP contribution in [0.1, 0.15) is 19.4 Å². The Kier molecular flexibility index (Phi) is 5.12. The number of rotatable bonds is 5. The molecule has 0 aliphatic rings. The molecule has 1 atom stereocenters. The second-order valence-electron chi connectivity index (χ2n) is 3.94. The van der Waals surface area contributed by atoms with Crippen LogP contribution in [0.15, 0.2) is 24.3 Å². The molecule has 0 amide bonds. The Labute approximate surface area is 95.2 Å². The van der Waals surface area contributed by atoms with Gasteiger partial charge in [0.2, 0.25) is 0 Å². The summed E-state index contributed by atoms with van der Waals surface area (Å²) in [5.74, 6) is 0.730. The average Bonchev–Trinajstić information content (AvgIpc) is 2.18. The smallest absolute Gasteiger partial charge is 0.126 e. The lowest BCUT2D eigenvalue weighted by molar-refractivity contribution is 0.597. The number of hydrogen-bond donors (Lipinski definition) is 1. The van der Waals surface area contributed by atoms with Gasteiger partial charge in [0.05, 0.1) is 0 Å². The first kappa shape index (κ1) is 12.5. The summed E-state index contributed by atoms with van der Waals surface area (Å²) in [5.41, 5.74) is 6.65. The van der Waals surface area contributed by atoms with Crippen LogP contribution in [-0.4, -0.2) is 17.0 Å². The molecule has 0 radical (unpaired) electrons. The van der Waals surface area contributed by atoms with E-state index in [0.29, 0.717) is 17.2 Å². The highest BCUT2D eigenvalue weighted by atomic mass is 32.2. The largest absolute Gasteiger partial charge is 0.327 e. The number of thioether (sulfide) groups is 1. The van der Waals surface area contributed by atoms with E-state index in [1.54, 1.807) is 12.1 Å². The third kappa shape index (κ3) is 4.67. The lowest BCUT2D eigenvalue weighted by atomic mass is 10.1. The lowest BCUT2D eigenvalue weighted by Gasteiger charge is -2.13. The van der Waals surface area contributed by atoms with Gasteiger partial charge in [-0.15, -0.1) is 0 Å². The van der Waals surface area contributed by atoms with Gasteiger partial charge in [-0.05, 0) is 23.3 Å². The van der Waals surface area contributed by atoms with Crippen LogP contribution in [0.25, 0.3) is 0 Å². The zero-order valence-corrected chi connectivity index (χ0v) is 10.1. The van der Waals surface area contributed by atoms with E-state index >= 15 is 0 Å². The van der Waals surface area contributed by atoms with Crippen molar-refractivity contribution in [1.82, 2.24) is 0 Å². The standard InChI is InChI=1S/C12H18FNS/c1-9(2)15-8-11(14)7-10-5-3-4-6-12(10)13/h3-6,9,11H,7-8,14H2,1-2H3. The molecule has 1 rings (SSSR count). The minimum atomic E-state index is -0.150. The summed E-state index contributed by atoms with van der Waals surface area (Å²) in [7, 11) is 0. The van der Waals surface area contributed by atoms with Crippen LogP contribution in [0, 0.1) is 5.82 Å². The zero-order chi connectivity index (χ0) is 11.3. The van der Waals surface area contributed by atoms with Gasteiger partial charge >= 0.3 is 0 Å². The van der Waals surface area contributed by atoms with Crippen LogP contribution in [0.2, 0.25) is 0 Å². The summed E-state index contributed by atoms with van der Waals surface area (Å²) in [6.45, 7) is 4.28. The van der Waals surface area contributed by atoms with Crippen LogP contribution in [0.4, 0.5) is 4.39 Å². The second-order valence-corrected chi connectivity index (χ2v) is 5.55. The second kappa shape index (κ2) is 6.13. The van der Waals surface area contributed by atoms with E-state index < -0.39 is 0 Å². The summed E-state index contributed by atoms with van der Waals surface area (Å²) in [6.07, 6.45) is 0.617. The molecule has 0 saturated heterocycles. The van der Waals surface area contributed by atoms with Crippen LogP contribution in [0.3, 0.4) is 0 Å². The summed E-state index contributed by atoms with van der Waals surface area (Å²) < 4.78 is 13.3. The molecule has 0 aliphatic carbocycles. The van der Waals surface area contributed by atoms with Crippen LogP contribution < -0.4 is 5.73 Å². The fraction of sp³-hybridized carbons (Fsp3) is 0.500. The van der Waals surface area contributed by atoms with E-state index in [1.165, 1.54) is 6.07 Å². The molecule has 0 bridgehead atoms. The summed E-state index contributed by atoms with van der Waals surface area (Å²) in [4.78, 5) is 0. The van der Waals surface area contributed by atoms with E-state index in [9.17, 15) is 4.39 Å². The fourth-order valence-electron chi connectivity index (χ4n) is 1.32. The van der Waals surface area contributed by atoms with Gasteiger partial charge in [0, 0.05) is 11.8 Å². The summed E-state index contributed by atoms with van der Waals surface area (Å²) in [6, 6.07) is 6.87. The number of benzene rings is 1. The summed E-state index contributed by atoms with van der Waals surface area (Å²) in [5, 5.41) is 0.580. The van der Waals surface area contributed by atoms with Gasteiger partial charge in [0.1, 0.15) is 5.82 Å². The molecule has 1 unspecified atom stereocenters. The molecule has 1 aromatic carbocycles. The molecule has 1 aromatic rings. The molecule has 3 heteroatoms. The Morgan fingerprint density at radius 2 is 2.00 bits per heavy atom. The van der Waals surface area contributed by atoms with Gasteiger partial charge in [-0.1, -0.05) is 32.0 Å². The quantitative estimate of drug-likeness (QED) is 0.837. The van der Waals surface area contributed by atoms with Gasteiger partial charge in [-0.2, -0.15) is 11.8 Å². The van der Waals surface area contributed by atoms with E-state index in [-0.39, 0.29) is 11.9 Å². The molecule has 1 nitrogen and oxygen atoms in total. The molecule has 84 valence electrons. The monoisotopic (exact) mass is 227 g/mol. The summed E-state index contributed by atoms with van der Waals surface area (Å²) >= 11 is 1.82. The number of hydrogen-bond acceptors (Lipinski definition) is 2. The molecule has 0 aromatic heterocycles. The third-order valence-electron chi connectivity index (χ3n) is 2.08. The SMILES string of the molecule is CC(C)SCC(N)Cc1ccccc1F. The maximum Gasteiger partial charge on any atom is 0.126 e. The van der Waals surface area contributed by atoms with E-state index in [2.05, 4.69) is 13.8 Å². The number of nitrogens with two attached hydrogens (primary N) is 1. The first-order valence-corrected chi connectivity index (χ1v) is 6.25. The first-order chi connectivity index (χ1) is 7.09. The minimum Gasteiger partial charge on any atom is -0.327 e. The molecule has 0 spiro atoms. The van der Waals surface area contributed by atoms with Crippen molar-refractivity contribution >= 4 is 11.8 Å². The van der Waals surface area contributed by atoms with Gasteiger partial charge < -0.3 is 5.73 Å². The van der Waals surface area contributed by atoms with Crippen molar-refractivity contribution in [1.29, 1.82) is 0 Å². The van der Waals surface area contributed by atoms with Crippen molar-refractivity contribution in [2.45, 2.75) is 31.6 Å². The van der Waals surface area contributed by atoms with Crippen molar-refractivity contribution < 1.29 is 4.39 Å². The van der Waals surface area contributed by atoms with Crippen molar-refractivity contribution in [2.75, 3.05) is 5.75 Å². The van der Waals surface area contributed by atoms with Crippen molar-refractivity contribution in [3.05, 3.63) is 35.6 Å². The Morgan fingerprint density at radius 1 is 1.33 bits per heavy atom. The lowest BCUT2D eigenvalue weighted by Crippen LogP contribution is -2.26. The molecule has 2 N–H and O–H groups in total. The first-order valence-electron chi connectivity index (χ1n) is 5.20. The highest BCUT2D eigenvalue weighted by Crippen LogP contribution is 2.14. The normalized spacial score (nSPS) is 13.1. The maximum absolute atomic E-state index is 13.3. The van der Waals surface area contributed by atoms with Crippen molar-refractivity contribution in [2.24, 2.45) is 5.73 Å². The predicted molar refractivity (Wildman–Crippen MR) is 65.7 cm³/mol. The zero-order valence-electron chi connectivity index (χ0n) is 9.24. The third-order valence-corrected chi connectivity index (χ3v) is 3.37. The molecule has 0 fully saturated rings. The van der Waals surface area contributed by atoms with E-state index in [1.807, 2.05) is 17.8 Å². The topological polar surface area (TPSA) is 26.0 Å². The van der Waals surface area contributed by atoms with Crippen LogP contribution in [0.5, 0.6) is 0 Å². The molecule has 0 heterocycles. The van der Waals surface area contributed by atoms with Gasteiger partial charge in [0.15, 0.2) is 0 Å². The Balaban J connectivity index is 2.44. The van der Waals surface area contributed by atoms with Crippen LogP contribution >= 0.6 is 11.8 Å². The minimum absolute atomic E-state index is 0.0364. The maximum atomic E-state index is 13.3. The van der Waals surface area contributed by atoms with E-state index in [4.69, 9.17) is 5.73 Å². The number of halogens is 1. The Morgan fingerprint density at radius 3 is 2.60 bits per heavy atom. The molecule has 0 aliphatic heterocycles. The molecule has 15 heavy (non-hydrogen) atoms. The van der Waals surface area contributed by atoms with Gasteiger partial charge in [0.25, 0.3) is 0 Å². The molecule has 0 saturated carbocycles. The van der Waals surface area contributed by atoms with Crippen molar-refractivity contribution in [3.8, 4) is 0 Å². The Hall–Kier alpha value is -0.540. The van der Waals surface area contributed by atoms with E-state index in [0.717, 1.165) is 5.75 Å². The fourth-order valence-corrected chi connectivity index (χ4v) is 2.07. The van der Waals surface area contributed by atoms with Crippen LogP contribution in [-0.2, 0) is 6.42 Å². The van der Waals surface area contributed by atoms with Gasteiger partial charge in [-0.3, -0.25) is 0 Å².